The van der Waals surface area contributed by atoms with Gasteiger partial charge < -0.3 is 4.74 Å². The molecule has 1 aliphatic heterocycles. The van der Waals surface area contributed by atoms with Crippen molar-refractivity contribution >= 4 is 5.78 Å². The Hall–Kier alpha value is -1.70. The second kappa shape index (κ2) is 6.46. The van der Waals surface area contributed by atoms with Crippen LogP contribution >= 0.6 is 0 Å². The number of nitrogens with zero attached hydrogens (tertiary/aromatic N) is 2. The molecule has 0 aliphatic carbocycles. The third kappa shape index (κ3) is 3.63. The number of piperidine rings is 1. The number of carbonyl (C=O) groups excluding carboxylic acids is 1. The van der Waals surface area contributed by atoms with Gasteiger partial charge in [-0.1, -0.05) is 12.1 Å². The zero-order valence-corrected chi connectivity index (χ0v) is 11.1. The predicted molar refractivity (Wildman–Crippen MR) is 72.0 cm³/mol. The van der Waals surface area contributed by atoms with Gasteiger partial charge in [0.05, 0.1) is 24.3 Å². The van der Waals surface area contributed by atoms with Crippen LogP contribution in [0, 0.1) is 11.3 Å². The first-order valence-electron chi connectivity index (χ1n) is 6.51. The largest absolute Gasteiger partial charge is 0.381 e. The van der Waals surface area contributed by atoms with Gasteiger partial charge in [-0.25, -0.2) is 0 Å². The molecule has 100 valence electrons. The highest BCUT2D eigenvalue weighted by Gasteiger charge is 2.20. The van der Waals surface area contributed by atoms with Gasteiger partial charge in [0.1, 0.15) is 0 Å². The summed E-state index contributed by atoms with van der Waals surface area (Å²) in [4.78, 5) is 14.3. The average molecular weight is 258 g/mol. The predicted octanol–water partition coefficient (Wildman–Crippen LogP) is 1.85. The van der Waals surface area contributed by atoms with Gasteiger partial charge in [0.15, 0.2) is 5.78 Å². The van der Waals surface area contributed by atoms with E-state index in [0.29, 0.717) is 23.8 Å². The number of nitriles is 1. The summed E-state index contributed by atoms with van der Waals surface area (Å²) in [6, 6.07) is 8.87. The molecular formula is C15H18N2O2. The van der Waals surface area contributed by atoms with Crippen LogP contribution in [-0.2, 0) is 4.74 Å². The zero-order valence-electron chi connectivity index (χ0n) is 11.1. The minimum absolute atomic E-state index is 0.111. The minimum atomic E-state index is 0.111. The summed E-state index contributed by atoms with van der Waals surface area (Å²) in [7, 11) is 1.74. The summed E-state index contributed by atoms with van der Waals surface area (Å²) in [6.45, 7) is 2.25. The molecule has 1 aromatic carbocycles. The Labute approximate surface area is 113 Å². The molecule has 4 heteroatoms. The first kappa shape index (κ1) is 13.7. The highest BCUT2D eigenvalue weighted by atomic mass is 16.5. The lowest BCUT2D eigenvalue weighted by atomic mass is 10.1. The van der Waals surface area contributed by atoms with Gasteiger partial charge >= 0.3 is 0 Å². The van der Waals surface area contributed by atoms with Crippen molar-refractivity contribution in [1.29, 1.82) is 5.26 Å². The van der Waals surface area contributed by atoms with Crippen molar-refractivity contribution in [2.75, 3.05) is 26.7 Å². The molecule has 0 aromatic heterocycles. The topological polar surface area (TPSA) is 53.3 Å². The Kier molecular flexibility index (Phi) is 4.67. The molecule has 0 N–H and O–H groups in total. The van der Waals surface area contributed by atoms with E-state index in [-0.39, 0.29) is 5.78 Å². The Balaban J connectivity index is 1.89. The molecule has 0 spiro atoms. The third-order valence-electron chi connectivity index (χ3n) is 3.57. The Morgan fingerprint density at radius 3 is 2.53 bits per heavy atom. The lowest BCUT2D eigenvalue weighted by molar-refractivity contribution is 0.0401. The number of ether oxygens (including phenoxy) is 1. The fourth-order valence-corrected chi connectivity index (χ4v) is 2.33. The van der Waals surface area contributed by atoms with Crippen molar-refractivity contribution in [3.8, 4) is 6.07 Å². The number of likely N-dealkylation sites (tertiary alicyclic amines) is 1. The van der Waals surface area contributed by atoms with Gasteiger partial charge in [-0.2, -0.15) is 5.26 Å². The van der Waals surface area contributed by atoms with E-state index in [1.165, 1.54) is 0 Å². The molecule has 1 aliphatic rings. The number of ketones is 1. The SMILES string of the molecule is COC1CCN(CC(=O)c2ccc(C#N)cc2)CC1. The van der Waals surface area contributed by atoms with Crippen molar-refractivity contribution in [2.24, 2.45) is 0 Å². The molecule has 2 rings (SSSR count). The third-order valence-corrected chi connectivity index (χ3v) is 3.57. The smallest absolute Gasteiger partial charge is 0.176 e. The Morgan fingerprint density at radius 2 is 2.00 bits per heavy atom. The molecular weight excluding hydrogens is 240 g/mol. The number of rotatable bonds is 4. The number of hydrogen-bond acceptors (Lipinski definition) is 4. The molecule has 0 amide bonds. The van der Waals surface area contributed by atoms with Crippen LogP contribution in [0.5, 0.6) is 0 Å². The maximum absolute atomic E-state index is 12.1. The van der Waals surface area contributed by atoms with Crippen LogP contribution in [0.4, 0.5) is 0 Å². The van der Waals surface area contributed by atoms with E-state index < -0.39 is 0 Å². The number of Topliss-reactive ketones (excluding diaryl/α,β-unsaturated/α-hetero) is 1. The summed E-state index contributed by atoms with van der Waals surface area (Å²) in [5.74, 6) is 0.111. The number of benzene rings is 1. The molecule has 1 fully saturated rings. The number of hydrogen-bond donors (Lipinski definition) is 0. The second-order valence-corrected chi connectivity index (χ2v) is 4.82. The van der Waals surface area contributed by atoms with Crippen molar-refractivity contribution in [3.05, 3.63) is 35.4 Å². The molecule has 1 aromatic rings. The molecule has 0 radical (unpaired) electrons. The van der Waals surface area contributed by atoms with Crippen LogP contribution < -0.4 is 0 Å². The normalized spacial score (nSPS) is 17.1. The van der Waals surface area contributed by atoms with E-state index in [0.717, 1.165) is 25.9 Å². The maximum atomic E-state index is 12.1. The van der Waals surface area contributed by atoms with E-state index >= 15 is 0 Å². The van der Waals surface area contributed by atoms with Gasteiger partial charge in [0.25, 0.3) is 0 Å². The van der Waals surface area contributed by atoms with E-state index in [2.05, 4.69) is 11.0 Å². The van der Waals surface area contributed by atoms with Gasteiger partial charge in [0.2, 0.25) is 0 Å². The fourth-order valence-electron chi connectivity index (χ4n) is 2.33. The summed E-state index contributed by atoms with van der Waals surface area (Å²) in [6.07, 6.45) is 2.30. The first-order chi connectivity index (χ1) is 9.22. The second-order valence-electron chi connectivity index (χ2n) is 4.82. The van der Waals surface area contributed by atoms with Crippen LogP contribution in [0.25, 0.3) is 0 Å². The van der Waals surface area contributed by atoms with Crippen molar-refractivity contribution in [3.63, 3.8) is 0 Å². The van der Waals surface area contributed by atoms with Crippen LogP contribution in [0.15, 0.2) is 24.3 Å². The van der Waals surface area contributed by atoms with Crippen LogP contribution in [0.1, 0.15) is 28.8 Å². The van der Waals surface area contributed by atoms with E-state index in [1.807, 2.05) is 0 Å². The molecule has 1 heterocycles. The highest BCUT2D eigenvalue weighted by molar-refractivity contribution is 5.97. The summed E-state index contributed by atoms with van der Waals surface area (Å²) < 4.78 is 5.31. The van der Waals surface area contributed by atoms with E-state index in [9.17, 15) is 4.79 Å². The average Bonchev–Trinajstić information content (AvgIpc) is 2.48. The van der Waals surface area contributed by atoms with Crippen molar-refractivity contribution < 1.29 is 9.53 Å². The Bertz CT molecular complexity index is 468. The standard InChI is InChI=1S/C15H18N2O2/c1-19-14-6-8-17(9-7-14)11-15(18)13-4-2-12(10-16)3-5-13/h2-5,14H,6-9,11H2,1H3. The van der Waals surface area contributed by atoms with Gasteiger partial charge in [-0.3, -0.25) is 9.69 Å². The van der Waals surface area contributed by atoms with Gasteiger partial charge in [-0.15, -0.1) is 0 Å². The maximum Gasteiger partial charge on any atom is 0.176 e. The molecule has 0 unspecified atom stereocenters. The lowest BCUT2D eigenvalue weighted by Gasteiger charge is -2.30. The van der Waals surface area contributed by atoms with Crippen molar-refractivity contribution in [2.45, 2.75) is 18.9 Å². The molecule has 19 heavy (non-hydrogen) atoms. The summed E-state index contributed by atoms with van der Waals surface area (Å²) in [5, 5.41) is 8.72. The van der Waals surface area contributed by atoms with Crippen LogP contribution in [0.3, 0.4) is 0 Å². The first-order valence-corrected chi connectivity index (χ1v) is 6.51. The van der Waals surface area contributed by atoms with Crippen LogP contribution in [0.2, 0.25) is 0 Å². The molecule has 1 saturated heterocycles. The molecule has 0 saturated carbocycles. The number of methoxy groups -OCH3 is 1. The van der Waals surface area contributed by atoms with E-state index in [4.69, 9.17) is 10.00 Å². The van der Waals surface area contributed by atoms with Gasteiger partial charge in [0, 0.05) is 25.8 Å². The highest BCUT2D eigenvalue weighted by Crippen LogP contribution is 2.13. The summed E-state index contributed by atoms with van der Waals surface area (Å²) >= 11 is 0. The quantitative estimate of drug-likeness (QED) is 0.773. The summed E-state index contributed by atoms with van der Waals surface area (Å²) in [5.41, 5.74) is 1.25. The van der Waals surface area contributed by atoms with E-state index in [1.54, 1.807) is 31.4 Å². The molecule has 4 nitrogen and oxygen atoms in total. The lowest BCUT2D eigenvalue weighted by Crippen LogP contribution is -2.39. The zero-order chi connectivity index (χ0) is 13.7. The number of carbonyl (C=O) groups is 1. The molecule has 0 bridgehead atoms. The fraction of sp³-hybridized carbons (Fsp3) is 0.467. The monoisotopic (exact) mass is 258 g/mol. The Morgan fingerprint density at radius 1 is 1.37 bits per heavy atom. The minimum Gasteiger partial charge on any atom is -0.381 e. The molecule has 0 atom stereocenters. The van der Waals surface area contributed by atoms with Crippen LogP contribution in [-0.4, -0.2) is 43.5 Å². The van der Waals surface area contributed by atoms with Gasteiger partial charge in [-0.05, 0) is 25.0 Å². The van der Waals surface area contributed by atoms with Crippen molar-refractivity contribution in [1.82, 2.24) is 4.90 Å².